The predicted molar refractivity (Wildman–Crippen MR) is 133 cm³/mol. The molecule has 0 saturated carbocycles. The molecule has 0 atom stereocenters. The second-order valence-corrected chi connectivity index (χ2v) is 9.07. The maximum Gasteiger partial charge on any atom is 0.108 e. The zero-order valence-electron chi connectivity index (χ0n) is 18.3. The summed E-state index contributed by atoms with van der Waals surface area (Å²) < 4.78 is 0. The topological polar surface area (TPSA) is 27.6 Å². The van der Waals surface area contributed by atoms with E-state index in [2.05, 4.69) is 148 Å². The van der Waals surface area contributed by atoms with E-state index >= 15 is 0 Å². The largest absolute Gasteiger partial charge is 0.353 e. The van der Waals surface area contributed by atoms with Gasteiger partial charge in [-0.3, -0.25) is 0 Å². The van der Waals surface area contributed by atoms with Crippen LogP contribution in [0.3, 0.4) is 0 Å². The fraction of sp³-hybridized carbons (Fsp3) is 0.143. The van der Waals surface area contributed by atoms with Gasteiger partial charge in [0, 0.05) is 0 Å². The quantitative estimate of drug-likeness (QED) is 0.516. The Labute approximate surface area is 181 Å². The summed E-state index contributed by atoms with van der Waals surface area (Å²) in [4.78, 5) is 0. The fourth-order valence-electron chi connectivity index (χ4n) is 4.12. The molecule has 0 fully saturated rings. The van der Waals surface area contributed by atoms with Crippen LogP contribution >= 0.6 is 0 Å². The van der Waals surface area contributed by atoms with Crippen molar-refractivity contribution in [2.75, 3.05) is 0 Å². The van der Waals surface area contributed by atoms with Crippen molar-refractivity contribution < 1.29 is 5.73 Å². The van der Waals surface area contributed by atoms with Crippen LogP contribution in [0.4, 0.5) is 0 Å². The zero-order chi connectivity index (χ0) is 21.5. The Bertz CT molecular complexity index is 838. The maximum atomic E-state index is 3.77. The van der Waals surface area contributed by atoms with E-state index < -0.39 is 6.15 Å². The first-order valence-electron chi connectivity index (χ1n) is 10.7. The lowest BCUT2D eigenvalue weighted by Gasteiger charge is -2.44. The number of quaternary nitrogens is 1. The summed E-state index contributed by atoms with van der Waals surface area (Å²) in [5.74, 6) is 0. The third-order valence-electron chi connectivity index (χ3n) is 5.20. The van der Waals surface area contributed by atoms with Gasteiger partial charge in [0.15, 0.2) is 0 Å². The van der Waals surface area contributed by atoms with Crippen LogP contribution in [-0.4, -0.2) is 11.7 Å². The molecule has 0 aliphatic carbocycles. The van der Waals surface area contributed by atoms with Crippen LogP contribution in [0.1, 0.15) is 20.8 Å². The van der Waals surface area contributed by atoms with Gasteiger partial charge in [-0.2, -0.15) is 21.9 Å². The van der Waals surface area contributed by atoms with Crippen molar-refractivity contribution >= 4 is 28.0 Å². The summed E-state index contributed by atoms with van der Waals surface area (Å²) in [5.41, 5.74) is 9.38. The highest BCUT2D eigenvalue weighted by atomic mass is 14.7. The number of hydrogen-bond acceptors (Lipinski definition) is 0. The van der Waals surface area contributed by atoms with Crippen molar-refractivity contribution in [2.45, 2.75) is 26.3 Å². The predicted octanol–water partition coefficient (Wildman–Crippen LogP) is 3.09. The minimum Gasteiger partial charge on any atom is -0.353 e. The van der Waals surface area contributed by atoms with Crippen LogP contribution in [0.2, 0.25) is 0 Å². The van der Waals surface area contributed by atoms with Crippen LogP contribution < -0.4 is 27.6 Å². The van der Waals surface area contributed by atoms with E-state index in [-0.39, 0.29) is 5.54 Å². The first-order valence-corrected chi connectivity index (χ1v) is 10.7. The van der Waals surface area contributed by atoms with E-state index in [1.165, 1.54) is 21.9 Å². The van der Waals surface area contributed by atoms with Crippen molar-refractivity contribution in [3.8, 4) is 0 Å². The second kappa shape index (κ2) is 9.60. The van der Waals surface area contributed by atoms with Gasteiger partial charge in [0.1, 0.15) is 6.15 Å². The molecule has 0 aliphatic heterocycles. The standard InChI is InChI=1S/C24H20B.C4H11N/c1-5-13-21(14-6-1)25(22-15-7-2-8-16-22,23-17-9-3-10-18-23)24-19-11-4-12-20-24;1-4(2,3)5/h1-20H;5H2,1-3H3/q-1;/p+1. The fourth-order valence-corrected chi connectivity index (χ4v) is 4.12. The Morgan fingerprint density at radius 1 is 0.433 bits per heavy atom. The Morgan fingerprint density at radius 3 is 0.767 bits per heavy atom. The average molecular weight is 393 g/mol. The molecule has 4 rings (SSSR count). The van der Waals surface area contributed by atoms with Gasteiger partial charge in [-0.25, -0.2) is 0 Å². The normalized spacial score (nSPS) is 11.3. The maximum absolute atomic E-state index is 3.77. The summed E-state index contributed by atoms with van der Waals surface area (Å²) in [6.45, 7) is 6.23. The van der Waals surface area contributed by atoms with Crippen LogP contribution in [0.5, 0.6) is 0 Å². The van der Waals surface area contributed by atoms with Gasteiger partial charge in [-0.15, -0.1) is 0 Å². The summed E-state index contributed by atoms with van der Waals surface area (Å²) in [5, 5.41) is 0. The highest BCUT2D eigenvalue weighted by molar-refractivity contribution is 7.19. The van der Waals surface area contributed by atoms with Crippen molar-refractivity contribution in [1.82, 2.24) is 0 Å². The monoisotopic (exact) mass is 393 g/mol. The van der Waals surface area contributed by atoms with Gasteiger partial charge in [0.2, 0.25) is 0 Å². The molecule has 30 heavy (non-hydrogen) atoms. The molecule has 152 valence electrons. The van der Waals surface area contributed by atoms with Gasteiger partial charge in [-0.05, 0) is 20.8 Å². The molecular formula is C28H32BN. The van der Waals surface area contributed by atoms with Crippen molar-refractivity contribution in [3.05, 3.63) is 121 Å². The van der Waals surface area contributed by atoms with E-state index in [9.17, 15) is 0 Å². The molecule has 0 amide bonds. The third kappa shape index (κ3) is 5.08. The molecule has 1 nitrogen and oxygen atoms in total. The molecule has 0 unspecified atom stereocenters. The molecule has 2 heteroatoms. The molecule has 4 aromatic rings. The van der Waals surface area contributed by atoms with E-state index in [4.69, 9.17) is 0 Å². The Balaban J connectivity index is 0.000000461. The van der Waals surface area contributed by atoms with Crippen LogP contribution in [0.25, 0.3) is 0 Å². The third-order valence-corrected chi connectivity index (χ3v) is 5.20. The minimum atomic E-state index is -1.22. The number of rotatable bonds is 4. The molecule has 0 aliphatic rings. The molecular weight excluding hydrogens is 361 g/mol. The summed E-state index contributed by atoms with van der Waals surface area (Å²) >= 11 is 0. The van der Waals surface area contributed by atoms with E-state index in [1.807, 2.05) is 0 Å². The van der Waals surface area contributed by atoms with Crippen molar-refractivity contribution in [1.29, 1.82) is 0 Å². The molecule has 0 saturated heterocycles. The SMILES string of the molecule is CC(C)(C)[NH3+].c1ccc([B-](c2ccccc2)(c2ccccc2)c2ccccc2)cc1. The lowest BCUT2D eigenvalue weighted by Crippen LogP contribution is -2.74. The summed E-state index contributed by atoms with van der Waals surface area (Å²) in [7, 11) is 0. The first kappa shape index (κ1) is 21.6. The second-order valence-electron chi connectivity index (χ2n) is 9.07. The van der Waals surface area contributed by atoms with Crippen molar-refractivity contribution in [2.24, 2.45) is 0 Å². The summed E-state index contributed by atoms with van der Waals surface area (Å²) in [6, 6.07) is 43.5. The van der Waals surface area contributed by atoms with Gasteiger partial charge in [0.05, 0.1) is 5.54 Å². The lowest BCUT2D eigenvalue weighted by atomic mass is 9.13. The molecule has 0 spiro atoms. The molecule has 3 N–H and O–H groups in total. The van der Waals surface area contributed by atoms with E-state index in [0.29, 0.717) is 0 Å². The molecule has 0 radical (unpaired) electrons. The zero-order valence-corrected chi connectivity index (χ0v) is 18.3. The first-order chi connectivity index (χ1) is 14.4. The number of hydrogen-bond donors (Lipinski definition) is 1. The van der Waals surface area contributed by atoms with Gasteiger partial charge >= 0.3 is 0 Å². The van der Waals surface area contributed by atoms with Gasteiger partial charge < -0.3 is 5.73 Å². The molecule has 0 heterocycles. The highest BCUT2D eigenvalue weighted by Crippen LogP contribution is 2.09. The van der Waals surface area contributed by atoms with Crippen LogP contribution in [-0.2, 0) is 0 Å². The smallest absolute Gasteiger partial charge is 0.108 e. The summed E-state index contributed by atoms with van der Waals surface area (Å²) in [6.07, 6.45) is -1.22. The molecule has 4 aromatic carbocycles. The number of benzene rings is 4. The minimum absolute atomic E-state index is 0.250. The Kier molecular flexibility index (Phi) is 6.92. The lowest BCUT2D eigenvalue weighted by molar-refractivity contribution is -0.458. The Hall–Kier alpha value is -3.10. The average Bonchev–Trinajstić information content (AvgIpc) is 2.76. The molecule has 0 bridgehead atoms. The molecule has 0 aromatic heterocycles. The highest BCUT2D eigenvalue weighted by Gasteiger charge is 2.30. The van der Waals surface area contributed by atoms with Crippen LogP contribution in [0, 0.1) is 0 Å². The Morgan fingerprint density at radius 2 is 0.600 bits per heavy atom. The van der Waals surface area contributed by atoms with Crippen LogP contribution in [0.15, 0.2) is 121 Å². The van der Waals surface area contributed by atoms with Gasteiger partial charge in [0.25, 0.3) is 0 Å². The van der Waals surface area contributed by atoms with E-state index in [0.717, 1.165) is 0 Å². The van der Waals surface area contributed by atoms with Crippen molar-refractivity contribution in [3.63, 3.8) is 0 Å². The van der Waals surface area contributed by atoms with E-state index in [1.54, 1.807) is 0 Å². The van der Waals surface area contributed by atoms with Gasteiger partial charge in [-0.1, -0.05) is 121 Å².